The molecular formula is C28H28N6O2. The summed E-state index contributed by atoms with van der Waals surface area (Å²) in [6.07, 6.45) is 12.1. The molecule has 4 heterocycles. The number of aromatic nitrogens is 3. The van der Waals surface area contributed by atoms with E-state index in [0.717, 1.165) is 52.2 Å². The van der Waals surface area contributed by atoms with Crippen molar-refractivity contribution in [2.24, 2.45) is 11.8 Å². The lowest BCUT2D eigenvalue weighted by Crippen LogP contribution is -2.38. The summed E-state index contributed by atoms with van der Waals surface area (Å²) >= 11 is 0. The van der Waals surface area contributed by atoms with Gasteiger partial charge >= 0.3 is 5.97 Å². The SMILES string of the molecule is Cc1cccc2c(C3=CC=CC4NN(C)C=C34)nn(-c3ccc(N4C[C@H]5C[C@@H]4C[C@@H]5C(=O)O)nc3)c12. The molecule has 8 nitrogen and oxygen atoms in total. The van der Waals surface area contributed by atoms with E-state index in [-0.39, 0.29) is 23.9 Å². The summed E-state index contributed by atoms with van der Waals surface area (Å²) < 4.78 is 2.01. The largest absolute Gasteiger partial charge is 0.481 e. The molecule has 3 aromatic rings. The van der Waals surface area contributed by atoms with Gasteiger partial charge in [0, 0.05) is 42.4 Å². The van der Waals surface area contributed by atoms with Crippen molar-refractivity contribution in [2.45, 2.75) is 31.8 Å². The molecule has 182 valence electrons. The number of carboxylic acid groups (broad SMARTS) is 1. The Kier molecular flexibility index (Phi) is 4.63. The van der Waals surface area contributed by atoms with Crippen LogP contribution in [-0.2, 0) is 4.79 Å². The number of nitrogens with zero attached hydrogens (tertiary/aromatic N) is 5. The zero-order valence-electron chi connectivity index (χ0n) is 20.3. The quantitative estimate of drug-likeness (QED) is 0.589. The van der Waals surface area contributed by atoms with Gasteiger partial charge in [-0.25, -0.2) is 15.1 Å². The van der Waals surface area contributed by atoms with Gasteiger partial charge in [0.05, 0.1) is 29.4 Å². The van der Waals surface area contributed by atoms with Crippen LogP contribution in [0, 0.1) is 18.8 Å². The van der Waals surface area contributed by atoms with E-state index in [4.69, 9.17) is 10.1 Å². The Labute approximate surface area is 209 Å². The molecule has 2 aliphatic heterocycles. The first-order chi connectivity index (χ1) is 17.5. The van der Waals surface area contributed by atoms with Gasteiger partial charge in [-0.2, -0.15) is 5.10 Å². The molecular weight excluding hydrogens is 452 g/mol. The number of fused-ring (bicyclic) bond motifs is 4. The number of hydrogen-bond donors (Lipinski definition) is 2. The third-order valence-corrected chi connectivity index (χ3v) is 8.18. The first kappa shape index (κ1) is 21.4. The average Bonchev–Trinajstić information content (AvgIpc) is 3.65. The van der Waals surface area contributed by atoms with Gasteiger partial charge in [-0.1, -0.05) is 36.4 Å². The fraction of sp³-hybridized carbons (Fsp3) is 0.321. The maximum atomic E-state index is 11.5. The first-order valence-corrected chi connectivity index (χ1v) is 12.5. The van der Waals surface area contributed by atoms with Crippen LogP contribution in [-0.4, -0.2) is 56.5 Å². The predicted octanol–water partition coefficient (Wildman–Crippen LogP) is 3.68. The fourth-order valence-corrected chi connectivity index (χ4v) is 6.50. The molecule has 0 spiro atoms. The lowest BCUT2D eigenvalue weighted by molar-refractivity contribution is -0.143. The Hall–Kier alpha value is -3.91. The van der Waals surface area contributed by atoms with E-state index in [1.807, 2.05) is 29.0 Å². The van der Waals surface area contributed by atoms with Crippen LogP contribution >= 0.6 is 0 Å². The van der Waals surface area contributed by atoms with Crippen molar-refractivity contribution in [3.8, 4) is 5.69 Å². The van der Waals surface area contributed by atoms with Crippen molar-refractivity contribution in [1.82, 2.24) is 25.2 Å². The van der Waals surface area contributed by atoms with Crippen LogP contribution in [0.25, 0.3) is 22.2 Å². The van der Waals surface area contributed by atoms with Crippen molar-refractivity contribution < 1.29 is 9.90 Å². The van der Waals surface area contributed by atoms with Gasteiger partial charge in [0.2, 0.25) is 0 Å². The lowest BCUT2D eigenvalue weighted by Gasteiger charge is -2.30. The second-order valence-corrected chi connectivity index (χ2v) is 10.4. The summed E-state index contributed by atoms with van der Waals surface area (Å²) in [6, 6.07) is 10.9. The number of pyridine rings is 1. The molecule has 0 amide bonds. The minimum Gasteiger partial charge on any atom is -0.481 e. The van der Waals surface area contributed by atoms with Crippen LogP contribution in [0.4, 0.5) is 5.82 Å². The number of carboxylic acids is 1. The molecule has 1 saturated carbocycles. The van der Waals surface area contributed by atoms with Crippen LogP contribution in [0.15, 0.2) is 66.5 Å². The average molecular weight is 481 g/mol. The number of para-hydroxylation sites is 1. The molecule has 1 unspecified atom stereocenters. The second-order valence-electron chi connectivity index (χ2n) is 10.4. The molecule has 2 aliphatic carbocycles. The van der Waals surface area contributed by atoms with E-state index >= 15 is 0 Å². The van der Waals surface area contributed by atoms with Crippen molar-refractivity contribution in [3.05, 3.63) is 77.8 Å². The summed E-state index contributed by atoms with van der Waals surface area (Å²) in [5.74, 6) is 0.259. The lowest BCUT2D eigenvalue weighted by atomic mass is 9.92. The van der Waals surface area contributed by atoms with Gasteiger partial charge in [0.25, 0.3) is 0 Å². The molecule has 2 N–H and O–H groups in total. The molecule has 0 radical (unpaired) electrons. The van der Waals surface area contributed by atoms with E-state index in [1.54, 1.807) is 0 Å². The van der Waals surface area contributed by atoms with E-state index in [2.05, 4.69) is 65.9 Å². The number of benzene rings is 1. The standard InChI is InChI=1S/C28H28N6O2/c1-16-5-3-7-21-26(20-6-4-8-24-23(20)15-32(2)30-24)31-34(27(16)21)18-9-10-25(29-13-18)33-14-17-11-19(33)12-22(17)28(35)36/h3-10,13,15,17,19,22,24,30H,11-12,14H2,1-2H3,(H,35,36)/t17-,19-,22+,24?/m1/s1. The molecule has 8 heteroatoms. The summed E-state index contributed by atoms with van der Waals surface area (Å²) in [6.45, 7) is 2.89. The van der Waals surface area contributed by atoms with Gasteiger partial charge in [-0.3, -0.25) is 4.79 Å². The van der Waals surface area contributed by atoms with Crippen molar-refractivity contribution >= 4 is 28.3 Å². The van der Waals surface area contributed by atoms with Crippen LogP contribution in [0.3, 0.4) is 0 Å². The smallest absolute Gasteiger partial charge is 0.306 e. The number of carbonyl (C=O) groups is 1. The van der Waals surface area contributed by atoms with Gasteiger partial charge in [-0.15, -0.1) is 0 Å². The predicted molar refractivity (Wildman–Crippen MR) is 138 cm³/mol. The van der Waals surface area contributed by atoms with Crippen molar-refractivity contribution in [3.63, 3.8) is 0 Å². The Bertz CT molecular complexity index is 1480. The zero-order valence-corrected chi connectivity index (χ0v) is 20.3. The van der Waals surface area contributed by atoms with E-state index in [0.29, 0.717) is 6.42 Å². The number of aryl methyl sites for hydroxylation is 1. The normalized spacial score (nSPS) is 26.5. The number of hydrazine groups is 1. The second kappa shape index (κ2) is 7.80. The molecule has 2 aromatic heterocycles. The highest BCUT2D eigenvalue weighted by atomic mass is 16.4. The maximum absolute atomic E-state index is 11.5. The summed E-state index contributed by atoms with van der Waals surface area (Å²) in [5.41, 5.74) is 9.89. The van der Waals surface area contributed by atoms with E-state index in [9.17, 15) is 9.90 Å². The number of rotatable bonds is 4. The number of piperidine rings is 1. The summed E-state index contributed by atoms with van der Waals surface area (Å²) in [5, 5.41) is 17.7. The van der Waals surface area contributed by atoms with Gasteiger partial charge in [0.15, 0.2) is 0 Å². The molecule has 2 bridgehead atoms. The van der Waals surface area contributed by atoms with Crippen molar-refractivity contribution in [2.75, 3.05) is 18.5 Å². The molecule has 1 saturated heterocycles. The Morgan fingerprint density at radius 3 is 2.83 bits per heavy atom. The monoisotopic (exact) mass is 480 g/mol. The van der Waals surface area contributed by atoms with Crippen LogP contribution in [0.5, 0.6) is 0 Å². The number of anilines is 1. The minimum absolute atomic E-state index is 0.150. The summed E-state index contributed by atoms with van der Waals surface area (Å²) in [7, 11) is 2.01. The third-order valence-electron chi connectivity index (χ3n) is 8.18. The van der Waals surface area contributed by atoms with Gasteiger partial charge in [0.1, 0.15) is 11.5 Å². The van der Waals surface area contributed by atoms with E-state index < -0.39 is 5.97 Å². The zero-order chi connectivity index (χ0) is 24.6. The Morgan fingerprint density at radius 1 is 1.19 bits per heavy atom. The minimum atomic E-state index is -0.659. The summed E-state index contributed by atoms with van der Waals surface area (Å²) in [4.78, 5) is 18.6. The number of aliphatic carboxylic acids is 1. The molecule has 4 aliphatic rings. The highest BCUT2D eigenvalue weighted by Gasteiger charge is 2.48. The maximum Gasteiger partial charge on any atom is 0.306 e. The Balaban J connectivity index is 1.26. The highest BCUT2D eigenvalue weighted by molar-refractivity contribution is 5.98. The van der Waals surface area contributed by atoms with Crippen LogP contribution in [0.1, 0.15) is 24.1 Å². The molecule has 4 atom stereocenters. The molecule has 36 heavy (non-hydrogen) atoms. The first-order valence-electron chi connectivity index (χ1n) is 12.5. The Morgan fingerprint density at radius 2 is 2.08 bits per heavy atom. The highest BCUT2D eigenvalue weighted by Crippen LogP contribution is 2.44. The topological polar surface area (TPSA) is 86.5 Å². The van der Waals surface area contributed by atoms with Gasteiger partial charge in [-0.05, 0) is 43.4 Å². The number of hydrogen-bond acceptors (Lipinski definition) is 6. The number of nitrogens with one attached hydrogen (secondary N) is 1. The fourth-order valence-electron chi connectivity index (χ4n) is 6.50. The van der Waals surface area contributed by atoms with Gasteiger partial charge < -0.3 is 15.0 Å². The van der Waals surface area contributed by atoms with E-state index in [1.165, 1.54) is 5.57 Å². The molecule has 7 rings (SSSR count). The van der Waals surface area contributed by atoms with Crippen LogP contribution < -0.4 is 10.3 Å². The third kappa shape index (κ3) is 3.14. The van der Waals surface area contributed by atoms with Crippen molar-refractivity contribution in [1.29, 1.82) is 0 Å². The molecule has 1 aromatic carbocycles. The number of allylic oxidation sites excluding steroid dienone is 2. The molecule has 2 fully saturated rings. The van der Waals surface area contributed by atoms with Crippen LogP contribution in [0.2, 0.25) is 0 Å².